The Morgan fingerprint density at radius 2 is 0.0926 bits per heavy atom. The highest BCUT2D eigenvalue weighted by atomic mass is 14.4. The molecular weight excluding hydrogens is 1300 g/mol. The van der Waals surface area contributed by atoms with Crippen LogP contribution in [0.5, 0.6) is 0 Å². The highest BCUT2D eigenvalue weighted by molar-refractivity contribution is 6.57. The van der Waals surface area contributed by atoms with Crippen molar-refractivity contribution in [2.24, 2.45) is 0 Å². The van der Waals surface area contributed by atoms with Crippen LogP contribution >= 0.6 is 0 Å². The van der Waals surface area contributed by atoms with Gasteiger partial charge in [-0.3, -0.25) is 0 Å². The molecular formula is C108H108. The second-order valence-electron chi connectivity index (χ2n) is 36.0. The molecule has 0 fully saturated rings. The molecule has 108 heavy (non-hydrogen) atoms. The van der Waals surface area contributed by atoms with Crippen LogP contribution in [0.2, 0.25) is 0 Å². The minimum atomic E-state index is 1.44. The van der Waals surface area contributed by atoms with E-state index in [1.54, 1.807) is 0 Å². The summed E-state index contributed by atoms with van der Waals surface area (Å²) in [5.41, 5.74) is 51.9. The van der Waals surface area contributed by atoms with Gasteiger partial charge < -0.3 is 0 Å². The van der Waals surface area contributed by atoms with E-state index in [2.05, 4.69) is 249 Å². The van der Waals surface area contributed by atoms with Crippen LogP contribution in [0.4, 0.5) is 0 Å². The molecule has 0 aliphatic rings. The summed E-state index contributed by atoms with van der Waals surface area (Å²) in [5.74, 6) is 0. The summed E-state index contributed by atoms with van der Waals surface area (Å²) >= 11 is 0. The van der Waals surface area contributed by atoms with Crippen molar-refractivity contribution in [2.75, 3.05) is 0 Å². The van der Waals surface area contributed by atoms with Crippen LogP contribution in [0.25, 0.3) is 194 Å². The first-order chi connectivity index (χ1) is 50.8. The molecule has 0 aliphatic carbocycles. The first kappa shape index (κ1) is 69.1. The van der Waals surface area contributed by atoms with Crippen LogP contribution in [0, 0.1) is 249 Å². The molecule has 20 rings (SSSR count). The van der Waals surface area contributed by atoms with Crippen molar-refractivity contribution in [3.63, 3.8) is 0 Å². The van der Waals surface area contributed by atoms with Crippen LogP contribution in [-0.4, -0.2) is 0 Å². The molecule has 0 atom stereocenters. The monoisotopic (exact) mass is 1400 g/mol. The Labute approximate surface area is 639 Å². The molecule has 0 nitrogen and oxygen atoms in total. The van der Waals surface area contributed by atoms with Crippen molar-refractivity contribution >= 4 is 194 Å². The van der Waals surface area contributed by atoms with Crippen LogP contribution in [0.15, 0.2) is 0 Å². The highest BCUT2D eigenvalue weighted by Gasteiger charge is 2.37. The van der Waals surface area contributed by atoms with Crippen molar-refractivity contribution in [1.82, 2.24) is 0 Å². The van der Waals surface area contributed by atoms with Crippen LogP contribution in [0.3, 0.4) is 0 Å². The van der Waals surface area contributed by atoms with E-state index >= 15 is 0 Å². The van der Waals surface area contributed by atoms with E-state index in [-0.39, 0.29) is 0 Å². The normalized spacial score (nSPS) is 13.0. The fourth-order valence-corrected chi connectivity index (χ4v) is 24.5. The zero-order chi connectivity index (χ0) is 77.6. The summed E-state index contributed by atoms with van der Waals surface area (Å²) in [6.45, 7) is 86.4. The SMILES string of the molecule is Cc1c(C)c2c(C)c(C)c(C)c3c2c(c1C)c1c2c(C)c(C)c(C)c4c5c6c(C)c(C)c(C)c7c(C)c(C)c(C)c(c76)c5c5c(C)c(C)c(C)c(c31)c5c24.Cc1c(C)c2c(C)c(C)c(C)c3c2c(c1C)c1c2c(C)c(C)c(C)c4c5c6c(C)c(C)c(C)c7c(C)c(C)c(C)c(c76)c5c5c(C)c(C)c(C)c(c31)c5c24. The molecule has 0 N–H and O–H groups in total. The predicted octanol–water partition coefficient (Wildman–Crippen LogP) is 31.9. The van der Waals surface area contributed by atoms with Crippen molar-refractivity contribution in [1.29, 1.82) is 0 Å². The smallest absolute Gasteiger partial charge is 0.000768 e. The number of hydrogen-bond donors (Lipinski definition) is 0. The third-order valence-corrected chi connectivity index (χ3v) is 33.0. The predicted molar refractivity (Wildman–Crippen MR) is 486 cm³/mol. The molecule has 0 saturated heterocycles. The zero-order valence-electron chi connectivity index (χ0n) is 72.0. The number of benzene rings is 16. The molecule has 0 aliphatic heterocycles. The van der Waals surface area contributed by atoms with Crippen LogP contribution < -0.4 is 0 Å². The summed E-state index contributed by atoms with van der Waals surface area (Å²) in [6.07, 6.45) is 0. The van der Waals surface area contributed by atoms with Gasteiger partial charge in [-0.15, -0.1) is 0 Å². The Bertz CT molecular complexity index is 6510. The Morgan fingerprint density at radius 1 is 0.0463 bits per heavy atom. The second kappa shape index (κ2) is 21.4. The average Bonchev–Trinajstić information content (AvgIpc) is 1.46. The largest absolute Gasteiger partial charge is 0.0440 e. The topological polar surface area (TPSA) is 0 Å². The Morgan fingerprint density at radius 3 is 0.157 bits per heavy atom. The Kier molecular flexibility index (Phi) is 13.7. The fraction of sp³-hybridized carbons (Fsp3) is 0.333. The molecule has 0 radical (unpaired) electrons. The average molecular weight is 1410 g/mol. The molecule has 0 saturated carbocycles. The minimum absolute atomic E-state index is 1.44. The van der Waals surface area contributed by atoms with Gasteiger partial charge in [0.25, 0.3) is 0 Å². The van der Waals surface area contributed by atoms with Gasteiger partial charge in [-0.1, -0.05) is 0 Å². The maximum Gasteiger partial charge on any atom is -0.000768 e. The van der Waals surface area contributed by atoms with Crippen molar-refractivity contribution in [3.8, 4) is 0 Å². The number of hydrogen-bond acceptors (Lipinski definition) is 0. The van der Waals surface area contributed by atoms with Gasteiger partial charge >= 0.3 is 0 Å². The lowest BCUT2D eigenvalue weighted by Gasteiger charge is -2.25. The molecule has 0 spiro atoms. The maximum atomic E-state index is 2.44. The van der Waals surface area contributed by atoms with Gasteiger partial charge in [0, 0.05) is 0 Å². The van der Waals surface area contributed by atoms with Gasteiger partial charge in [-0.25, -0.2) is 0 Å². The van der Waals surface area contributed by atoms with Gasteiger partial charge in [0.1, 0.15) is 0 Å². The number of rotatable bonds is 0. The molecule has 20 aromatic carbocycles. The summed E-state index contributed by atoms with van der Waals surface area (Å²) in [6, 6.07) is 0. The van der Waals surface area contributed by atoms with Crippen molar-refractivity contribution in [2.45, 2.75) is 249 Å². The van der Waals surface area contributed by atoms with Crippen LogP contribution in [0.1, 0.15) is 200 Å². The highest BCUT2D eigenvalue weighted by Crippen LogP contribution is 2.63. The minimum Gasteiger partial charge on any atom is -0.0440 e. The van der Waals surface area contributed by atoms with Gasteiger partial charge in [0.05, 0.1) is 0 Å². The lowest BCUT2D eigenvalue weighted by Crippen LogP contribution is -2.00. The van der Waals surface area contributed by atoms with Gasteiger partial charge in [-0.05, 0) is 643 Å². The Hall–Kier alpha value is -9.36. The van der Waals surface area contributed by atoms with E-state index in [9.17, 15) is 0 Å². The van der Waals surface area contributed by atoms with Crippen molar-refractivity contribution in [3.05, 3.63) is 200 Å². The van der Waals surface area contributed by atoms with Gasteiger partial charge in [-0.2, -0.15) is 0 Å². The first-order valence-corrected chi connectivity index (χ1v) is 40.5. The maximum absolute atomic E-state index is 2.44. The number of fused-ring (bicyclic) bond motifs is 20. The lowest BCUT2D eigenvalue weighted by atomic mass is 9.78. The van der Waals surface area contributed by atoms with E-state index in [1.807, 2.05) is 0 Å². The molecule has 0 bridgehead atoms. The van der Waals surface area contributed by atoms with E-state index in [4.69, 9.17) is 0 Å². The zero-order valence-corrected chi connectivity index (χ0v) is 72.0. The van der Waals surface area contributed by atoms with E-state index in [0.29, 0.717) is 0 Å². The summed E-state index contributed by atoms with van der Waals surface area (Å²) in [4.78, 5) is 0. The third-order valence-electron chi connectivity index (χ3n) is 33.0. The fourth-order valence-electron chi connectivity index (χ4n) is 24.5. The van der Waals surface area contributed by atoms with Gasteiger partial charge in [0.2, 0.25) is 0 Å². The van der Waals surface area contributed by atoms with Gasteiger partial charge in [0.15, 0.2) is 0 Å². The molecule has 540 valence electrons. The molecule has 0 amide bonds. The molecule has 0 heteroatoms. The summed E-state index contributed by atoms with van der Waals surface area (Å²) in [7, 11) is 0. The quantitative estimate of drug-likeness (QED) is 0.133. The van der Waals surface area contributed by atoms with E-state index in [1.165, 1.54) is 394 Å². The third kappa shape index (κ3) is 7.19. The number of aryl methyl sites for hydroxylation is 24. The van der Waals surface area contributed by atoms with E-state index < -0.39 is 0 Å². The first-order valence-electron chi connectivity index (χ1n) is 40.5. The standard InChI is InChI=1S/2C54H54/c2*1-19-25(7)37-26(8)20(2)30(12)40-47(37)39(29(19)11)49-43-33(15)23(5)35(17)45-51-41-31(13)21(3)27(9)38-28(10)22(4)32(14)42(48(38)41)52(51)46-36(18)24(6)34(16)44(50(40)49)54(46)53(43)45/h2*1-18H3. The van der Waals surface area contributed by atoms with Crippen molar-refractivity contribution < 1.29 is 0 Å². The summed E-state index contributed by atoms with van der Waals surface area (Å²) in [5, 5.41) is 53.7. The Balaban J connectivity index is 0.000000147. The summed E-state index contributed by atoms with van der Waals surface area (Å²) < 4.78 is 0. The second-order valence-corrected chi connectivity index (χ2v) is 36.0. The molecule has 20 aromatic rings. The lowest BCUT2D eigenvalue weighted by molar-refractivity contribution is 1.28. The molecule has 0 unspecified atom stereocenters. The van der Waals surface area contributed by atoms with Crippen LogP contribution in [-0.2, 0) is 0 Å². The van der Waals surface area contributed by atoms with E-state index in [0.717, 1.165) is 0 Å². The molecule has 0 heterocycles. The molecule has 0 aromatic heterocycles.